The number of hydrogen-bond donors (Lipinski definition) is 1. The summed E-state index contributed by atoms with van der Waals surface area (Å²) in [5.74, 6) is -0.935. The summed E-state index contributed by atoms with van der Waals surface area (Å²) in [6.45, 7) is 1.88. The first-order chi connectivity index (χ1) is 10.0. The van der Waals surface area contributed by atoms with Gasteiger partial charge in [-0.15, -0.1) is 0 Å². The summed E-state index contributed by atoms with van der Waals surface area (Å²) in [7, 11) is 0. The molecule has 0 aliphatic heterocycles. The molecule has 1 aromatic carbocycles. The number of halogens is 2. The van der Waals surface area contributed by atoms with E-state index in [-0.39, 0.29) is 28.8 Å². The summed E-state index contributed by atoms with van der Waals surface area (Å²) in [5, 5.41) is -0.0966. The molecule has 0 fully saturated rings. The first-order valence-electron chi connectivity index (χ1n) is 6.06. The zero-order valence-corrected chi connectivity index (χ0v) is 11.9. The van der Waals surface area contributed by atoms with Crippen molar-refractivity contribution < 1.29 is 18.7 Å². The summed E-state index contributed by atoms with van der Waals surface area (Å²) in [4.78, 5) is 15.8. The quantitative estimate of drug-likeness (QED) is 0.876. The Labute approximate surface area is 125 Å². The maximum atomic E-state index is 13.1. The highest BCUT2D eigenvalue weighted by molar-refractivity contribution is 6.30. The minimum Gasteiger partial charge on any atom is -0.462 e. The second-order valence-electron chi connectivity index (χ2n) is 4.02. The van der Waals surface area contributed by atoms with Crippen molar-refractivity contribution in [1.29, 1.82) is 0 Å². The first kappa shape index (κ1) is 15.1. The molecule has 0 aliphatic carbocycles. The van der Waals surface area contributed by atoms with E-state index < -0.39 is 11.8 Å². The molecular weight excluding hydrogens is 299 g/mol. The number of anilines is 1. The number of carbonyl (C=O) groups excluding carboxylic acids is 1. The van der Waals surface area contributed by atoms with Crippen LogP contribution in [0.4, 0.5) is 10.1 Å². The zero-order valence-electron chi connectivity index (χ0n) is 11.1. The maximum Gasteiger partial charge on any atom is 0.343 e. The Bertz CT molecular complexity index is 679. The van der Waals surface area contributed by atoms with Crippen molar-refractivity contribution in [3.05, 3.63) is 46.9 Å². The van der Waals surface area contributed by atoms with Gasteiger partial charge in [0.2, 0.25) is 5.88 Å². The van der Waals surface area contributed by atoms with Crippen LogP contribution < -0.4 is 10.5 Å². The normalized spacial score (nSPS) is 10.2. The van der Waals surface area contributed by atoms with Crippen LogP contribution in [-0.4, -0.2) is 17.6 Å². The van der Waals surface area contributed by atoms with Crippen molar-refractivity contribution in [3.8, 4) is 11.6 Å². The minimum atomic E-state index is -0.611. The highest BCUT2D eigenvalue weighted by atomic mass is 35.5. The molecule has 1 aromatic heterocycles. The van der Waals surface area contributed by atoms with E-state index in [1.165, 1.54) is 24.4 Å². The number of nitrogens with two attached hydrogens (primary N) is 1. The molecule has 1 heterocycles. The Morgan fingerprint density at radius 2 is 2.19 bits per heavy atom. The van der Waals surface area contributed by atoms with E-state index in [0.29, 0.717) is 5.69 Å². The van der Waals surface area contributed by atoms with E-state index in [1.807, 2.05) is 0 Å². The predicted octanol–water partition coefficient (Wildman–Crippen LogP) is 3.43. The number of aromatic nitrogens is 1. The lowest BCUT2D eigenvalue weighted by Crippen LogP contribution is -2.08. The molecular formula is C14H12ClFN2O3. The smallest absolute Gasteiger partial charge is 0.343 e. The SMILES string of the molecule is CCOC(=O)c1cc(N)cnc1Oc1ccc(F)c(Cl)c1. The zero-order chi connectivity index (χ0) is 15.4. The third-order valence-electron chi connectivity index (χ3n) is 2.47. The van der Waals surface area contributed by atoms with Crippen LogP contribution >= 0.6 is 11.6 Å². The van der Waals surface area contributed by atoms with E-state index >= 15 is 0 Å². The van der Waals surface area contributed by atoms with Gasteiger partial charge in [-0.1, -0.05) is 11.6 Å². The molecule has 0 spiro atoms. The number of benzene rings is 1. The molecule has 0 unspecified atom stereocenters. The second kappa shape index (κ2) is 6.41. The molecule has 2 aromatic rings. The topological polar surface area (TPSA) is 74.4 Å². The number of esters is 1. The summed E-state index contributed by atoms with van der Waals surface area (Å²) in [6.07, 6.45) is 1.34. The monoisotopic (exact) mass is 310 g/mol. The van der Waals surface area contributed by atoms with Gasteiger partial charge in [0.25, 0.3) is 0 Å². The average Bonchev–Trinajstić information content (AvgIpc) is 2.45. The van der Waals surface area contributed by atoms with Crippen LogP contribution in [0.25, 0.3) is 0 Å². The summed E-state index contributed by atoms with van der Waals surface area (Å²) < 4.78 is 23.5. The number of ether oxygens (including phenoxy) is 2. The second-order valence-corrected chi connectivity index (χ2v) is 4.43. The fourth-order valence-electron chi connectivity index (χ4n) is 1.56. The van der Waals surface area contributed by atoms with E-state index in [0.717, 1.165) is 6.07 Å². The number of pyridine rings is 1. The van der Waals surface area contributed by atoms with Crippen molar-refractivity contribution in [2.24, 2.45) is 0 Å². The number of nitrogens with zero attached hydrogens (tertiary/aromatic N) is 1. The molecule has 0 saturated carbocycles. The third-order valence-corrected chi connectivity index (χ3v) is 2.76. The van der Waals surface area contributed by atoms with Crippen LogP contribution in [0.3, 0.4) is 0 Å². The van der Waals surface area contributed by atoms with Gasteiger partial charge in [-0.2, -0.15) is 0 Å². The highest BCUT2D eigenvalue weighted by Crippen LogP contribution is 2.28. The highest BCUT2D eigenvalue weighted by Gasteiger charge is 2.17. The lowest BCUT2D eigenvalue weighted by molar-refractivity contribution is 0.0523. The van der Waals surface area contributed by atoms with Gasteiger partial charge in [0.05, 0.1) is 23.5 Å². The van der Waals surface area contributed by atoms with Gasteiger partial charge in [-0.25, -0.2) is 14.2 Å². The van der Waals surface area contributed by atoms with Gasteiger partial charge >= 0.3 is 5.97 Å². The van der Waals surface area contributed by atoms with Gasteiger partial charge in [-0.05, 0) is 25.1 Å². The Balaban J connectivity index is 2.34. The average molecular weight is 311 g/mol. The number of hydrogen-bond acceptors (Lipinski definition) is 5. The number of nitrogen functional groups attached to an aromatic ring is 1. The molecule has 2 rings (SSSR count). The number of carbonyl (C=O) groups is 1. The van der Waals surface area contributed by atoms with Gasteiger partial charge in [-0.3, -0.25) is 0 Å². The molecule has 5 nitrogen and oxygen atoms in total. The Hall–Kier alpha value is -2.34. The van der Waals surface area contributed by atoms with Crippen LogP contribution in [-0.2, 0) is 4.74 Å². The van der Waals surface area contributed by atoms with Gasteiger partial charge < -0.3 is 15.2 Å². The van der Waals surface area contributed by atoms with E-state index in [9.17, 15) is 9.18 Å². The molecule has 0 bridgehead atoms. The summed E-state index contributed by atoms with van der Waals surface area (Å²) in [5.41, 5.74) is 5.98. The standard InChI is InChI=1S/C14H12ClFN2O3/c1-2-20-14(19)10-5-8(17)7-18-13(10)21-9-3-4-12(16)11(15)6-9/h3-7H,2,17H2,1H3. The lowest BCUT2D eigenvalue weighted by atomic mass is 10.2. The van der Waals surface area contributed by atoms with Crippen LogP contribution in [0.1, 0.15) is 17.3 Å². The molecule has 2 N–H and O–H groups in total. The van der Waals surface area contributed by atoms with Crippen molar-refractivity contribution in [2.45, 2.75) is 6.92 Å². The van der Waals surface area contributed by atoms with Gasteiger partial charge in [0.1, 0.15) is 17.1 Å². The Kier molecular flexibility index (Phi) is 4.59. The van der Waals surface area contributed by atoms with Crippen LogP contribution in [0.2, 0.25) is 5.02 Å². The van der Waals surface area contributed by atoms with Crippen molar-refractivity contribution in [1.82, 2.24) is 4.98 Å². The fourth-order valence-corrected chi connectivity index (χ4v) is 1.73. The molecule has 0 aliphatic rings. The molecule has 0 saturated heterocycles. The van der Waals surface area contributed by atoms with E-state index in [4.69, 9.17) is 26.8 Å². The number of rotatable bonds is 4. The molecule has 0 atom stereocenters. The van der Waals surface area contributed by atoms with Crippen molar-refractivity contribution >= 4 is 23.3 Å². The Morgan fingerprint density at radius 3 is 2.86 bits per heavy atom. The fraction of sp³-hybridized carbons (Fsp3) is 0.143. The third kappa shape index (κ3) is 3.61. The van der Waals surface area contributed by atoms with E-state index in [1.54, 1.807) is 6.92 Å². The Morgan fingerprint density at radius 1 is 1.43 bits per heavy atom. The molecule has 7 heteroatoms. The lowest BCUT2D eigenvalue weighted by Gasteiger charge is -2.10. The van der Waals surface area contributed by atoms with Gasteiger partial charge in [0, 0.05) is 6.07 Å². The van der Waals surface area contributed by atoms with Crippen LogP contribution in [0.15, 0.2) is 30.5 Å². The molecule has 110 valence electrons. The summed E-state index contributed by atoms with van der Waals surface area (Å²) >= 11 is 5.67. The van der Waals surface area contributed by atoms with Crippen LogP contribution in [0.5, 0.6) is 11.6 Å². The van der Waals surface area contributed by atoms with Crippen molar-refractivity contribution in [2.75, 3.05) is 12.3 Å². The molecule has 0 radical (unpaired) electrons. The minimum absolute atomic E-state index is 0.00493. The molecule has 21 heavy (non-hydrogen) atoms. The first-order valence-corrected chi connectivity index (χ1v) is 6.44. The van der Waals surface area contributed by atoms with E-state index in [2.05, 4.69) is 4.98 Å². The predicted molar refractivity (Wildman–Crippen MR) is 76.1 cm³/mol. The summed E-state index contributed by atoms with van der Waals surface area (Å²) in [6, 6.07) is 5.20. The van der Waals surface area contributed by atoms with Crippen molar-refractivity contribution in [3.63, 3.8) is 0 Å². The van der Waals surface area contributed by atoms with Crippen LogP contribution in [0, 0.1) is 5.82 Å². The maximum absolute atomic E-state index is 13.1. The molecule has 0 amide bonds. The van der Waals surface area contributed by atoms with Gasteiger partial charge in [0.15, 0.2) is 0 Å². The largest absolute Gasteiger partial charge is 0.462 e.